The fourth-order valence-corrected chi connectivity index (χ4v) is 2.95. The van der Waals surface area contributed by atoms with Gasteiger partial charge in [0, 0.05) is 8.95 Å². The average Bonchev–Trinajstić information content (AvgIpc) is 2.40. The van der Waals surface area contributed by atoms with Gasteiger partial charge in [-0.2, -0.15) is 0 Å². The van der Waals surface area contributed by atoms with E-state index in [2.05, 4.69) is 31.9 Å². The lowest BCUT2D eigenvalue weighted by Crippen LogP contribution is -2.12. The van der Waals surface area contributed by atoms with Gasteiger partial charge in [-0.1, -0.05) is 49.5 Å². The first kappa shape index (κ1) is 14.9. The fourth-order valence-electron chi connectivity index (χ4n) is 1.81. The second-order valence-electron chi connectivity index (χ2n) is 4.04. The van der Waals surface area contributed by atoms with Crippen molar-refractivity contribution >= 4 is 43.5 Å². The van der Waals surface area contributed by atoms with E-state index >= 15 is 0 Å². The van der Waals surface area contributed by atoms with E-state index in [1.807, 2.05) is 36.4 Å². The Hall–Kier alpha value is -0.550. The van der Waals surface area contributed by atoms with Gasteiger partial charge < -0.3 is 10.5 Å². The average molecular weight is 406 g/mol. The third-order valence-electron chi connectivity index (χ3n) is 2.83. The minimum Gasteiger partial charge on any atom is -0.495 e. The van der Waals surface area contributed by atoms with Crippen LogP contribution in [-0.2, 0) is 0 Å². The molecule has 0 aliphatic rings. The molecule has 0 fully saturated rings. The zero-order valence-electron chi connectivity index (χ0n) is 10.2. The summed E-state index contributed by atoms with van der Waals surface area (Å²) in [5.74, 6) is 0.644. The molecule has 0 bridgehead atoms. The molecule has 0 amide bonds. The van der Waals surface area contributed by atoms with E-state index in [-0.39, 0.29) is 6.04 Å². The van der Waals surface area contributed by atoms with E-state index < -0.39 is 0 Å². The van der Waals surface area contributed by atoms with Crippen LogP contribution in [0.4, 0.5) is 0 Å². The van der Waals surface area contributed by atoms with Gasteiger partial charge in [0.1, 0.15) is 5.75 Å². The van der Waals surface area contributed by atoms with Crippen molar-refractivity contribution in [2.45, 2.75) is 6.04 Å². The lowest BCUT2D eigenvalue weighted by molar-refractivity contribution is 0.415. The number of hydrogen-bond donors (Lipinski definition) is 1. The van der Waals surface area contributed by atoms with Crippen LogP contribution in [0.15, 0.2) is 45.3 Å². The van der Waals surface area contributed by atoms with Crippen molar-refractivity contribution in [3.63, 3.8) is 0 Å². The predicted molar refractivity (Wildman–Crippen MR) is 85.9 cm³/mol. The maximum atomic E-state index is 6.30. The quantitative estimate of drug-likeness (QED) is 0.787. The molecule has 0 aromatic heterocycles. The highest BCUT2D eigenvalue weighted by Crippen LogP contribution is 2.33. The Balaban J connectivity index is 2.41. The zero-order valence-corrected chi connectivity index (χ0v) is 14.1. The molecule has 5 heteroatoms. The maximum absolute atomic E-state index is 6.30. The molecule has 2 rings (SSSR count). The summed E-state index contributed by atoms with van der Waals surface area (Å²) >= 11 is 13.1. The standard InChI is InChI=1S/C14H12Br2ClNO/c1-19-13-5-2-8(6-12(13)17)14(18)10-7-9(15)3-4-11(10)16/h2-7,14H,18H2,1H3. The number of benzene rings is 2. The largest absolute Gasteiger partial charge is 0.495 e. The van der Waals surface area contributed by atoms with E-state index in [1.165, 1.54) is 0 Å². The summed E-state index contributed by atoms with van der Waals surface area (Å²) in [5.41, 5.74) is 8.23. The number of rotatable bonds is 3. The second kappa shape index (κ2) is 6.27. The van der Waals surface area contributed by atoms with Crippen LogP contribution < -0.4 is 10.5 Å². The second-order valence-corrected chi connectivity index (χ2v) is 6.21. The van der Waals surface area contributed by atoms with Gasteiger partial charge in [-0.15, -0.1) is 0 Å². The topological polar surface area (TPSA) is 35.2 Å². The molecule has 2 N–H and O–H groups in total. The van der Waals surface area contributed by atoms with Crippen molar-refractivity contribution < 1.29 is 4.74 Å². The lowest BCUT2D eigenvalue weighted by atomic mass is 9.99. The highest BCUT2D eigenvalue weighted by Gasteiger charge is 2.14. The summed E-state index contributed by atoms with van der Waals surface area (Å²) in [7, 11) is 1.59. The Bertz CT molecular complexity index is 604. The Morgan fingerprint density at radius 1 is 1.16 bits per heavy atom. The molecule has 0 saturated heterocycles. The monoisotopic (exact) mass is 403 g/mol. The summed E-state index contributed by atoms with van der Waals surface area (Å²) in [4.78, 5) is 0. The van der Waals surface area contributed by atoms with Gasteiger partial charge >= 0.3 is 0 Å². The van der Waals surface area contributed by atoms with E-state index in [4.69, 9.17) is 22.1 Å². The Morgan fingerprint density at radius 2 is 1.89 bits per heavy atom. The molecule has 0 radical (unpaired) electrons. The Morgan fingerprint density at radius 3 is 2.53 bits per heavy atom. The van der Waals surface area contributed by atoms with Crippen molar-refractivity contribution in [3.05, 3.63) is 61.5 Å². The molecular weight excluding hydrogens is 393 g/mol. The normalized spacial score (nSPS) is 12.3. The highest BCUT2D eigenvalue weighted by atomic mass is 79.9. The van der Waals surface area contributed by atoms with Gasteiger partial charge in [0.15, 0.2) is 0 Å². The SMILES string of the molecule is COc1ccc(C(N)c2cc(Br)ccc2Br)cc1Cl. The van der Waals surface area contributed by atoms with Gasteiger partial charge in [0.25, 0.3) is 0 Å². The van der Waals surface area contributed by atoms with Gasteiger partial charge in [0.2, 0.25) is 0 Å². The van der Waals surface area contributed by atoms with Gasteiger partial charge in [-0.05, 0) is 41.5 Å². The minimum atomic E-state index is -0.254. The summed E-state index contributed by atoms with van der Waals surface area (Å²) in [6, 6.07) is 11.2. The van der Waals surface area contributed by atoms with Crippen molar-refractivity contribution in [1.29, 1.82) is 0 Å². The third kappa shape index (κ3) is 3.31. The van der Waals surface area contributed by atoms with E-state index in [9.17, 15) is 0 Å². The maximum Gasteiger partial charge on any atom is 0.137 e. The fraction of sp³-hybridized carbons (Fsp3) is 0.143. The number of ether oxygens (including phenoxy) is 1. The molecule has 0 aliphatic heterocycles. The van der Waals surface area contributed by atoms with Gasteiger partial charge in [0.05, 0.1) is 18.2 Å². The van der Waals surface area contributed by atoms with Crippen molar-refractivity contribution in [2.24, 2.45) is 5.73 Å². The van der Waals surface area contributed by atoms with Gasteiger partial charge in [-0.3, -0.25) is 0 Å². The first-order chi connectivity index (χ1) is 9.02. The van der Waals surface area contributed by atoms with Crippen LogP contribution >= 0.6 is 43.5 Å². The third-order valence-corrected chi connectivity index (χ3v) is 4.34. The van der Waals surface area contributed by atoms with Crippen LogP contribution in [0.3, 0.4) is 0 Å². The van der Waals surface area contributed by atoms with Crippen LogP contribution in [0.5, 0.6) is 5.75 Å². The first-order valence-corrected chi connectivity index (χ1v) is 7.53. The Kier molecular flexibility index (Phi) is 4.90. The number of hydrogen-bond acceptors (Lipinski definition) is 2. The molecule has 100 valence electrons. The van der Waals surface area contributed by atoms with Gasteiger partial charge in [-0.25, -0.2) is 0 Å². The Labute approximate surface area is 134 Å². The first-order valence-electron chi connectivity index (χ1n) is 5.57. The van der Waals surface area contributed by atoms with Crippen LogP contribution in [-0.4, -0.2) is 7.11 Å². The van der Waals surface area contributed by atoms with Crippen molar-refractivity contribution in [2.75, 3.05) is 7.11 Å². The van der Waals surface area contributed by atoms with E-state index in [1.54, 1.807) is 7.11 Å². The van der Waals surface area contributed by atoms with E-state index in [0.717, 1.165) is 20.1 Å². The highest BCUT2D eigenvalue weighted by molar-refractivity contribution is 9.11. The number of methoxy groups -OCH3 is 1. The minimum absolute atomic E-state index is 0.254. The summed E-state index contributed by atoms with van der Waals surface area (Å²) in [6.45, 7) is 0. The molecule has 0 aliphatic carbocycles. The molecule has 1 unspecified atom stereocenters. The van der Waals surface area contributed by atoms with Crippen LogP contribution in [0.1, 0.15) is 17.2 Å². The molecule has 2 aromatic rings. The zero-order chi connectivity index (χ0) is 14.0. The summed E-state index contributed by atoms with van der Waals surface area (Å²) in [5, 5.41) is 0.557. The van der Waals surface area contributed by atoms with Crippen molar-refractivity contribution in [3.8, 4) is 5.75 Å². The van der Waals surface area contributed by atoms with Crippen LogP contribution in [0.2, 0.25) is 5.02 Å². The van der Waals surface area contributed by atoms with E-state index in [0.29, 0.717) is 10.8 Å². The predicted octanol–water partition coefficient (Wildman–Crippen LogP) is 4.92. The molecule has 19 heavy (non-hydrogen) atoms. The lowest BCUT2D eigenvalue weighted by Gasteiger charge is -2.16. The molecule has 0 spiro atoms. The van der Waals surface area contributed by atoms with Crippen LogP contribution in [0, 0.1) is 0 Å². The molecule has 1 atom stereocenters. The molecular formula is C14H12Br2ClNO. The smallest absolute Gasteiger partial charge is 0.137 e. The number of halogens is 3. The number of nitrogens with two attached hydrogens (primary N) is 1. The molecule has 2 nitrogen and oxygen atoms in total. The summed E-state index contributed by atoms with van der Waals surface area (Å²) < 4.78 is 7.09. The molecule has 0 saturated carbocycles. The molecule has 0 heterocycles. The van der Waals surface area contributed by atoms with Crippen LogP contribution in [0.25, 0.3) is 0 Å². The summed E-state index contributed by atoms with van der Waals surface area (Å²) in [6.07, 6.45) is 0. The van der Waals surface area contributed by atoms with Crippen molar-refractivity contribution in [1.82, 2.24) is 0 Å². The molecule has 2 aromatic carbocycles.